The van der Waals surface area contributed by atoms with Crippen molar-refractivity contribution < 1.29 is 9.59 Å². The Bertz CT molecular complexity index is 2030. The molecular formula is C46H47N5O2. The molecule has 0 spiro atoms. The first-order chi connectivity index (χ1) is 26.0. The third-order valence-electron chi connectivity index (χ3n) is 10.5. The highest BCUT2D eigenvalue weighted by atomic mass is 16.2. The van der Waals surface area contributed by atoms with Crippen molar-refractivity contribution in [2.45, 2.75) is 57.5 Å². The molecule has 7 nitrogen and oxygen atoms in total. The molecule has 53 heavy (non-hydrogen) atoms. The van der Waals surface area contributed by atoms with Gasteiger partial charge in [0.15, 0.2) is 0 Å². The van der Waals surface area contributed by atoms with E-state index in [-0.39, 0.29) is 17.7 Å². The molecule has 1 fully saturated rings. The SMILES string of the molecule is CCCC(=O)Nc1cc(C(=O)NCc2ccccc2)ccc1N1CCC(c2ncn(C(c3ccccc3)(c3ccccc3)c3ccccc3)c2C)CC1. The lowest BCUT2D eigenvalue weighted by molar-refractivity contribution is -0.116. The summed E-state index contributed by atoms with van der Waals surface area (Å²) in [5, 5.41) is 6.14. The van der Waals surface area contributed by atoms with Crippen LogP contribution in [0.15, 0.2) is 146 Å². The molecule has 268 valence electrons. The Labute approximate surface area is 312 Å². The highest BCUT2D eigenvalue weighted by Crippen LogP contribution is 2.43. The molecule has 1 aliphatic rings. The first-order valence-corrected chi connectivity index (χ1v) is 18.7. The highest BCUT2D eigenvalue weighted by Gasteiger charge is 2.40. The van der Waals surface area contributed by atoms with Gasteiger partial charge in [0.25, 0.3) is 5.91 Å². The maximum Gasteiger partial charge on any atom is 0.251 e. The van der Waals surface area contributed by atoms with E-state index in [1.165, 1.54) is 16.7 Å². The Morgan fingerprint density at radius 1 is 0.755 bits per heavy atom. The van der Waals surface area contributed by atoms with Crippen LogP contribution < -0.4 is 15.5 Å². The molecule has 0 bridgehead atoms. The summed E-state index contributed by atoms with van der Waals surface area (Å²) in [6.07, 6.45) is 5.02. The lowest BCUT2D eigenvalue weighted by atomic mass is 9.76. The second-order valence-corrected chi connectivity index (χ2v) is 13.9. The summed E-state index contributed by atoms with van der Waals surface area (Å²) in [7, 11) is 0. The first kappa shape index (κ1) is 35.5. The summed E-state index contributed by atoms with van der Waals surface area (Å²) in [4.78, 5) is 33.6. The van der Waals surface area contributed by atoms with Crippen molar-refractivity contribution in [2.24, 2.45) is 0 Å². The molecule has 7 rings (SSSR count). The lowest BCUT2D eigenvalue weighted by Crippen LogP contribution is -2.38. The van der Waals surface area contributed by atoms with Crippen molar-refractivity contribution in [3.63, 3.8) is 0 Å². The van der Waals surface area contributed by atoms with Gasteiger partial charge in [-0.25, -0.2) is 4.98 Å². The maximum atomic E-state index is 13.2. The number of rotatable bonds is 12. The number of hydrogen-bond donors (Lipinski definition) is 2. The summed E-state index contributed by atoms with van der Waals surface area (Å²) < 4.78 is 2.37. The fourth-order valence-electron chi connectivity index (χ4n) is 7.88. The van der Waals surface area contributed by atoms with Crippen LogP contribution in [0.2, 0.25) is 0 Å². The minimum Gasteiger partial charge on any atom is -0.370 e. The summed E-state index contributed by atoms with van der Waals surface area (Å²) in [5.74, 6) is 0.0489. The number of anilines is 2. The zero-order valence-electron chi connectivity index (χ0n) is 30.5. The molecule has 0 unspecified atom stereocenters. The number of amides is 2. The van der Waals surface area contributed by atoms with Gasteiger partial charge in [-0.15, -0.1) is 0 Å². The minimum absolute atomic E-state index is 0.0506. The monoisotopic (exact) mass is 701 g/mol. The fourth-order valence-corrected chi connectivity index (χ4v) is 7.88. The number of nitrogens with zero attached hydrogens (tertiary/aromatic N) is 3. The van der Waals surface area contributed by atoms with Crippen LogP contribution in [0.4, 0.5) is 11.4 Å². The largest absolute Gasteiger partial charge is 0.370 e. The second kappa shape index (κ2) is 16.2. The van der Waals surface area contributed by atoms with Crippen LogP contribution >= 0.6 is 0 Å². The van der Waals surface area contributed by atoms with Crippen LogP contribution in [0, 0.1) is 6.92 Å². The molecule has 0 radical (unpaired) electrons. The third kappa shape index (κ3) is 7.38. The van der Waals surface area contributed by atoms with Crippen molar-refractivity contribution in [1.82, 2.24) is 14.9 Å². The van der Waals surface area contributed by atoms with Crippen molar-refractivity contribution in [3.8, 4) is 0 Å². The molecule has 0 saturated carbocycles. The van der Waals surface area contributed by atoms with Gasteiger partial charge in [0, 0.05) is 43.2 Å². The van der Waals surface area contributed by atoms with Crippen LogP contribution in [0.5, 0.6) is 0 Å². The predicted octanol–water partition coefficient (Wildman–Crippen LogP) is 9.08. The van der Waals surface area contributed by atoms with Gasteiger partial charge in [-0.05, 0) is 66.6 Å². The summed E-state index contributed by atoms with van der Waals surface area (Å²) in [5.41, 5.74) is 8.35. The molecule has 1 aromatic heterocycles. The fraction of sp³-hybridized carbons (Fsp3) is 0.239. The molecule has 1 saturated heterocycles. The topological polar surface area (TPSA) is 79.3 Å². The van der Waals surface area contributed by atoms with E-state index in [4.69, 9.17) is 4.98 Å². The Hall–Kier alpha value is -5.95. The first-order valence-electron chi connectivity index (χ1n) is 18.7. The van der Waals surface area contributed by atoms with Crippen LogP contribution in [0.25, 0.3) is 0 Å². The number of aromatic nitrogens is 2. The van der Waals surface area contributed by atoms with Gasteiger partial charge in [-0.2, -0.15) is 0 Å². The van der Waals surface area contributed by atoms with Crippen LogP contribution in [-0.4, -0.2) is 34.5 Å². The smallest absolute Gasteiger partial charge is 0.251 e. The molecule has 1 aliphatic heterocycles. The number of imidazole rings is 1. The maximum absolute atomic E-state index is 13.2. The van der Waals surface area contributed by atoms with Gasteiger partial charge in [-0.1, -0.05) is 128 Å². The Balaban J connectivity index is 1.16. The number of hydrogen-bond acceptors (Lipinski definition) is 4. The molecule has 0 aliphatic carbocycles. The van der Waals surface area contributed by atoms with Crippen LogP contribution in [-0.2, 0) is 16.9 Å². The number of piperidine rings is 1. The van der Waals surface area contributed by atoms with E-state index in [9.17, 15) is 9.59 Å². The van der Waals surface area contributed by atoms with E-state index in [1.807, 2.05) is 61.8 Å². The number of carbonyl (C=O) groups is 2. The summed E-state index contributed by atoms with van der Waals surface area (Å²) in [6, 6.07) is 47.7. The van der Waals surface area contributed by atoms with Crippen molar-refractivity contribution in [3.05, 3.63) is 185 Å². The van der Waals surface area contributed by atoms with E-state index in [0.29, 0.717) is 24.2 Å². The van der Waals surface area contributed by atoms with Crippen molar-refractivity contribution in [1.29, 1.82) is 0 Å². The standard InChI is InChI=1S/C46H47N5O2/c1-3-16-43(52)49-41-31-37(45(53)47-32-35-17-8-4-9-18-35)25-26-42(41)50-29-27-36(28-30-50)44-34(2)51(33-48-44)46(38-19-10-5-11-20-38,39-21-12-6-13-22-39)40-23-14-7-15-24-40/h4-15,17-26,31,33,36H,3,16,27-30,32H2,1-2H3,(H,47,53)(H,49,52). The summed E-state index contributed by atoms with van der Waals surface area (Å²) >= 11 is 0. The lowest BCUT2D eigenvalue weighted by Gasteiger charge is -2.39. The Morgan fingerprint density at radius 2 is 1.30 bits per heavy atom. The van der Waals surface area contributed by atoms with Crippen molar-refractivity contribution >= 4 is 23.2 Å². The highest BCUT2D eigenvalue weighted by molar-refractivity contribution is 6.00. The van der Waals surface area contributed by atoms with Gasteiger partial charge in [0.1, 0.15) is 5.54 Å². The van der Waals surface area contributed by atoms with E-state index >= 15 is 0 Å². The molecule has 6 aromatic rings. The van der Waals surface area contributed by atoms with Gasteiger partial charge in [-0.3, -0.25) is 9.59 Å². The predicted molar refractivity (Wildman–Crippen MR) is 213 cm³/mol. The second-order valence-electron chi connectivity index (χ2n) is 13.9. The molecule has 2 N–H and O–H groups in total. The van der Waals surface area contributed by atoms with E-state index in [1.54, 1.807) is 0 Å². The van der Waals surface area contributed by atoms with E-state index in [0.717, 1.165) is 55.0 Å². The van der Waals surface area contributed by atoms with Crippen molar-refractivity contribution in [2.75, 3.05) is 23.3 Å². The van der Waals surface area contributed by atoms with Crippen LogP contribution in [0.1, 0.15) is 82.5 Å². The van der Waals surface area contributed by atoms with Gasteiger partial charge >= 0.3 is 0 Å². The van der Waals surface area contributed by atoms with E-state index < -0.39 is 5.54 Å². The van der Waals surface area contributed by atoms with Gasteiger partial charge < -0.3 is 20.1 Å². The van der Waals surface area contributed by atoms with Gasteiger partial charge in [0.2, 0.25) is 5.91 Å². The molecular weight excluding hydrogens is 655 g/mol. The Morgan fingerprint density at radius 3 is 1.85 bits per heavy atom. The number of nitrogens with one attached hydrogen (secondary N) is 2. The van der Waals surface area contributed by atoms with E-state index in [2.05, 4.69) is 118 Å². The summed E-state index contributed by atoms with van der Waals surface area (Å²) in [6.45, 7) is 6.24. The average Bonchev–Trinajstić information content (AvgIpc) is 3.60. The molecule has 7 heteroatoms. The minimum atomic E-state index is -0.611. The number of carbonyl (C=O) groups excluding carboxylic acids is 2. The normalized spacial score (nSPS) is 13.4. The molecule has 0 atom stereocenters. The third-order valence-corrected chi connectivity index (χ3v) is 10.5. The van der Waals surface area contributed by atoms with Crippen LogP contribution in [0.3, 0.4) is 0 Å². The zero-order valence-corrected chi connectivity index (χ0v) is 30.5. The number of benzene rings is 5. The molecule has 2 heterocycles. The van der Waals surface area contributed by atoms with Gasteiger partial charge in [0.05, 0.1) is 23.4 Å². The molecule has 2 amide bonds. The zero-order chi connectivity index (χ0) is 36.6. The average molecular weight is 702 g/mol. The molecule has 5 aromatic carbocycles. The quantitative estimate of drug-likeness (QED) is 0.125. The Kier molecular flexibility index (Phi) is 10.8.